The van der Waals surface area contributed by atoms with Crippen LogP contribution in [0.3, 0.4) is 0 Å². The Morgan fingerprint density at radius 1 is 1.38 bits per heavy atom. The van der Waals surface area contributed by atoms with Gasteiger partial charge in [-0.1, -0.05) is 12.1 Å². The molecule has 13 heavy (non-hydrogen) atoms. The number of benzene rings is 1. The molecular formula is C11H17NO. The van der Waals surface area contributed by atoms with Crippen molar-refractivity contribution in [1.82, 2.24) is 0 Å². The molecule has 0 heterocycles. The zero-order valence-corrected chi connectivity index (χ0v) is 8.46. The van der Waals surface area contributed by atoms with E-state index in [1.54, 1.807) is 0 Å². The molecule has 1 rings (SSSR count). The Morgan fingerprint density at radius 2 is 2.00 bits per heavy atom. The van der Waals surface area contributed by atoms with Gasteiger partial charge in [0.15, 0.2) is 0 Å². The van der Waals surface area contributed by atoms with Gasteiger partial charge in [-0.25, -0.2) is 0 Å². The zero-order valence-electron chi connectivity index (χ0n) is 8.46. The summed E-state index contributed by atoms with van der Waals surface area (Å²) in [6.45, 7) is 5.80. The fourth-order valence-electron chi connectivity index (χ4n) is 1.45. The summed E-state index contributed by atoms with van der Waals surface area (Å²) >= 11 is 0. The second-order valence-corrected chi connectivity index (χ2v) is 3.70. The van der Waals surface area contributed by atoms with Crippen LogP contribution in [0.1, 0.15) is 23.6 Å². The molecule has 0 aliphatic heterocycles. The number of phenolic OH excluding ortho intramolecular Hbond substituents is 1. The van der Waals surface area contributed by atoms with Crippen LogP contribution in [0.25, 0.3) is 0 Å². The fourth-order valence-corrected chi connectivity index (χ4v) is 1.45. The van der Waals surface area contributed by atoms with E-state index in [0.717, 1.165) is 23.1 Å². The third kappa shape index (κ3) is 2.22. The maximum absolute atomic E-state index is 9.66. The number of aromatic hydroxyl groups is 1. The van der Waals surface area contributed by atoms with Crippen LogP contribution in [-0.4, -0.2) is 11.1 Å². The lowest BCUT2D eigenvalue weighted by Crippen LogP contribution is -2.18. The van der Waals surface area contributed by atoms with Crippen molar-refractivity contribution in [3.05, 3.63) is 28.8 Å². The first kappa shape index (κ1) is 10.1. The van der Waals surface area contributed by atoms with Crippen molar-refractivity contribution < 1.29 is 5.11 Å². The van der Waals surface area contributed by atoms with E-state index < -0.39 is 0 Å². The first-order valence-corrected chi connectivity index (χ1v) is 4.56. The zero-order chi connectivity index (χ0) is 10.0. The third-order valence-corrected chi connectivity index (χ3v) is 2.29. The van der Waals surface area contributed by atoms with Crippen LogP contribution in [0, 0.1) is 13.8 Å². The van der Waals surface area contributed by atoms with E-state index >= 15 is 0 Å². The second kappa shape index (κ2) is 3.79. The summed E-state index contributed by atoms with van der Waals surface area (Å²) in [7, 11) is 0. The fraction of sp³-hybridized carbons (Fsp3) is 0.455. The highest BCUT2D eigenvalue weighted by molar-refractivity contribution is 5.44. The van der Waals surface area contributed by atoms with E-state index in [1.165, 1.54) is 0 Å². The molecule has 0 aliphatic rings. The van der Waals surface area contributed by atoms with Crippen LogP contribution in [-0.2, 0) is 6.42 Å². The van der Waals surface area contributed by atoms with Gasteiger partial charge in [-0.3, -0.25) is 0 Å². The number of phenols is 1. The Kier molecular flexibility index (Phi) is 2.94. The van der Waals surface area contributed by atoms with Gasteiger partial charge in [0, 0.05) is 6.04 Å². The van der Waals surface area contributed by atoms with E-state index in [1.807, 2.05) is 32.9 Å². The molecule has 0 aromatic heterocycles. The van der Waals surface area contributed by atoms with Crippen molar-refractivity contribution in [2.24, 2.45) is 5.73 Å². The normalized spacial score (nSPS) is 12.9. The molecule has 2 heteroatoms. The first-order valence-electron chi connectivity index (χ1n) is 4.56. The summed E-state index contributed by atoms with van der Waals surface area (Å²) < 4.78 is 0. The lowest BCUT2D eigenvalue weighted by molar-refractivity contribution is 0.465. The van der Waals surface area contributed by atoms with E-state index in [0.29, 0.717) is 5.75 Å². The molecule has 1 aromatic rings. The molecule has 0 fully saturated rings. The average molecular weight is 179 g/mol. The van der Waals surface area contributed by atoms with Crippen molar-refractivity contribution in [3.8, 4) is 5.75 Å². The average Bonchev–Trinajstić information content (AvgIpc) is 2.06. The first-order chi connectivity index (χ1) is 6.02. The highest BCUT2D eigenvalue weighted by atomic mass is 16.3. The molecule has 1 aromatic carbocycles. The van der Waals surface area contributed by atoms with Crippen LogP contribution in [0.2, 0.25) is 0 Å². The van der Waals surface area contributed by atoms with E-state index in [9.17, 15) is 5.11 Å². The molecular weight excluding hydrogens is 162 g/mol. The molecule has 0 spiro atoms. The molecule has 0 radical (unpaired) electrons. The highest BCUT2D eigenvalue weighted by Gasteiger charge is 2.07. The van der Waals surface area contributed by atoms with Crippen LogP contribution in [0.4, 0.5) is 0 Å². The summed E-state index contributed by atoms with van der Waals surface area (Å²) in [6, 6.07) is 4.11. The van der Waals surface area contributed by atoms with Gasteiger partial charge in [0.25, 0.3) is 0 Å². The number of hydrogen-bond donors (Lipinski definition) is 2. The molecule has 1 atom stereocenters. The monoisotopic (exact) mass is 179 g/mol. The van der Waals surface area contributed by atoms with Gasteiger partial charge in [0.2, 0.25) is 0 Å². The lowest BCUT2D eigenvalue weighted by Gasteiger charge is -2.11. The van der Waals surface area contributed by atoms with Crippen molar-refractivity contribution in [3.63, 3.8) is 0 Å². The standard InChI is InChI=1S/C11H17NO/c1-7-4-5-10(6-8(2)12)9(3)11(7)13/h4-5,8,13H,6,12H2,1-3H3. The van der Waals surface area contributed by atoms with Gasteiger partial charge in [-0.05, 0) is 43.9 Å². The second-order valence-electron chi connectivity index (χ2n) is 3.70. The van der Waals surface area contributed by atoms with Gasteiger partial charge in [0.1, 0.15) is 5.75 Å². The molecule has 1 unspecified atom stereocenters. The van der Waals surface area contributed by atoms with E-state index in [4.69, 9.17) is 5.73 Å². The minimum atomic E-state index is 0.140. The topological polar surface area (TPSA) is 46.2 Å². The van der Waals surface area contributed by atoms with E-state index in [2.05, 4.69) is 0 Å². The molecule has 3 N–H and O–H groups in total. The lowest BCUT2D eigenvalue weighted by atomic mass is 9.99. The van der Waals surface area contributed by atoms with Gasteiger partial charge >= 0.3 is 0 Å². The Bertz CT molecular complexity index is 305. The molecule has 0 amide bonds. The Balaban J connectivity index is 3.04. The molecule has 0 aliphatic carbocycles. The van der Waals surface area contributed by atoms with Crippen molar-refractivity contribution in [1.29, 1.82) is 0 Å². The number of nitrogens with two attached hydrogens (primary N) is 1. The van der Waals surface area contributed by atoms with Crippen molar-refractivity contribution in [2.75, 3.05) is 0 Å². The van der Waals surface area contributed by atoms with Crippen LogP contribution < -0.4 is 5.73 Å². The SMILES string of the molecule is Cc1ccc(CC(C)N)c(C)c1O. The third-order valence-electron chi connectivity index (χ3n) is 2.29. The maximum atomic E-state index is 9.66. The Hall–Kier alpha value is -1.02. The summed E-state index contributed by atoms with van der Waals surface area (Å²) in [5.41, 5.74) is 8.71. The Labute approximate surface area is 79.4 Å². The summed E-state index contributed by atoms with van der Waals surface area (Å²) in [5, 5.41) is 9.66. The number of rotatable bonds is 2. The summed E-state index contributed by atoms with van der Waals surface area (Å²) in [5.74, 6) is 0.401. The summed E-state index contributed by atoms with van der Waals surface area (Å²) in [6.07, 6.45) is 0.819. The quantitative estimate of drug-likeness (QED) is 0.728. The largest absolute Gasteiger partial charge is 0.507 e. The molecule has 0 saturated heterocycles. The van der Waals surface area contributed by atoms with Gasteiger partial charge < -0.3 is 10.8 Å². The van der Waals surface area contributed by atoms with Crippen LogP contribution in [0.5, 0.6) is 5.75 Å². The van der Waals surface area contributed by atoms with Gasteiger partial charge in [-0.15, -0.1) is 0 Å². The predicted molar refractivity (Wildman–Crippen MR) is 54.9 cm³/mol. The predicted octanol–water partition coefficient (Wildman–Crippen LogP) is 1.90. The Morgan fingerprint density at radius 3 is 2.54 bits per heavy atom. The van der Waals surface area contributed by atoms with Crippen molar-refractivity contribution >= 4 is 0 Å². The van der Waals surface area contributed by atoms with Crippen LogP contribution >= 0.6 is 0 Å². The highest BCUT2D eigenvalue weighted by Crippen LogP contribution is 2.24. The maximum Gasteiger partial charge on any atom is 0.121 e. The number of hydrogen-bond acceptors (Lipinski definition) is 2. The molecule has 0 saturated carbocycles. The molecule has 72 valence electrons. The molecule has 2 nitrogen and oxygen atoms in total. The van der Waals surface area contributed by atoms with Crippen molar-refractivity contribution in [2.45, 2.75) is 33.2 Å². The van der Waals surface area contributed by atoms with Gasteiger partial charge in [0.05, 0.1) is 0 Å². The number of aryl methyl sites for hydroxylation is 1. The molecule has 0 bridgehead atoms. The minimum Gasteiger partial charge on any atom is -0.507 e. The smallest absolute Gasteiger partial charge is 0.121 e. The van der Waals surface area contributed by atoms with E-state index in [-0.39, 0.29) is 6.04 Å². The van der Waals surface area contributed by atoms with Gasteiger partial charge in [-0.2, -0.15) is 0 Å². The van der Waals surface area contributed by atoms with Crippen LogP contribution in [0.15, 0.2) is 12.1 Å². The minimum absolute atomic E-state index is 0.140. The summed E-state index contributed by atoms with van der Waals surface area (Å²) in [4.78, 5) is 0.